The minimum absolute atomic E-state index is 1.34. The van der Waals surface area contributed by atoms with Crippen LogP contribution in [0.3, 0.4) is 0 Å². The Balaban J connectivity index is 2.59. The number of nitrogens with zero attached hydrogens (tertiary/aromatic N) is 2. The van der Waals surface area contributed by atoms with Crippen LogP contribution in [0.25, 0.3) is 0 Å². The highest BCUT2D eigenvalue weighted by Crippen LogP contribution is 2.40. The lowest BCUT2D eigenvalue weighted by Gasteiger charge is -2.33. The van der Waals surface area contributed by atoms with Gasteiger partial charge >= 0.3 is 0 Å². The van der Waals surface area contributed by atoms with Crippen molar-refractivity contribution < 1.29 is 0 Å². The molecule has 0 amide bonds. The van der Waals surface area contributed by atoms with E-state index in [1.807, 2.05) is 0 Å². The smallest absolute Gasteiger partial charge is 0.257 e. The molecule has 0 bridgehead atoms. The first-order valence-electron chi connectivity index (χ1n) is 5.03. The van der Waals surface area contributed by atoms with E-state index in [1.54, 1.807) is 0 Å². The van der Waals surface area contributed by atoms with Crippen LogP contribution in [0.15, 0.2) is 18.2 Å². The number of anilines is 2. The van der Waals surface area contributed by atoms with Gasteiger partial charge in [-0.05, 0) is 51.8 Å². The summed E-state index contributed by atoms with van der Waals surface area (Å²) in [6.45, 7) is 6.91. The second-order valence-corrected chi connectivity index (χ2v) is 8.94. The number of aryl methyl sites for hydroxylation is 1. The predicted octanol–water partition coefficient (Wildman–Crippen LogP) is 2.58. The Morgan fingerprint density at radius 1 is 1.00 bits per heavy atom. The van der Waals surface area contributed by atoms with Crippen molar-refractivity contribution in [2.45, 2.75) is 20.0 Å². The molecule has 0 radical (unpaired) electrons. The molecule has 1 aliphatic heterocycles. The number of benzene rings is 1. The molecule has 3 heteroatoms. The van der Waals surface area contributed by atoms with E-state index in [0.717, 1.165) is 0 Å². The zero-order chi connectivity index (χ0) is 10.5. The highest BCUT2D eigenvalue weighted by molar-refractivity contribution is 6.86. The highest BCUT2D eigenvalue weighted by Gasteiger charge is 2.40. The van der Waals surface area contributed by atoms with Crippen molar-refractivity contribution in [3.8, 4) is 0 Å². The third kappa shape index (κ3) is 1.08. The quantitative estimate of drug-likeness (QED) is 0.602. The summed E-state index contributed by atoms with van der Waals surface area (Å²) in [5.74, 6) is 0. The van der Waals surface area contributed by atoms with Gasteiger partial charge in [0.2, 0.25) is 0 Å². The van der Waals surface area contributed by atoms with Gasteiger partial charge in [0.1, 0.15) is 0 Å². The van der Waals surface area contributed by atoms with Crippen LogP contribution in [0.5, 0.6) is 0 Å². The maximum Gasteiger partial charge on any atom is 0.257 e. The van der Waals surface area contributed by atoms with E-state index in [-0.39, 0.29) is 0 Å². The molecule has 0 aliphatic carbocycles. The van der Waals surface area contributed by atoms with Crippen molar-refractivity contribution in [1.82, 2.24) is 0 Å². The SMILES string of the molecule is Cc1ccc2c(c1)N(C)[Si](C)(C)N2C. The average molecular weight is 206 g/mol. The van der Waals surface area contributed by atoms with Crippen molar-refractivity contribution in [1.29, 1.82) is 0 Å². The molecule has 0 saturated carbocycles. The van der Waals surface area contributed by atoms with Crippen LogP contribution < -0.4 is 9.13 Å². The van der Waals surface area contributed by atoms with Gasteiger partial charge in [-0.3, -0.25) is 0 Å². The molecule has 0 atom stereocenters. The van der Waals surface area contributed by atoms with E-state index in [9.17, 15) is 0 Å². The molecule has 1 aromatic carbocycles. The van der Waals surface area contributed by atoms with Crippen LogP contribution in [-0.2, 0) is 0 Å². The minimum Gasteiger partial charge on any atom is -0.382 e. The normalized spacial score (nSPS) is 18.6. The lowest BCUT2D eigenvalue weighted by atomic mass is 10.2. The largest absolute Gasteiger partial charge is 0.382 e. The van der Waals surface area contributed by atoms with Gasteiger partial charge in [0.25, 0.3) is 8.40 Å². The van der Waals surface area contributed by atoms with Gasteiger partial charge in [-0.2, -0.15) is 0 Å². The van der Waals surface area contributed by atoms with Gasteiger partial charge in [0.15, 0.2) is 0 Å². The van der Waals surface area contributed by atoms with Crippen LogP contribution in [0, 0.1) is 6.92 Å². The number of fused-ring (bicyclic) bond motifs is 1. The summed E-state index contributed by atoms with van der Waals surface area (Å²) in [5, 5.41) is 0. The molecule has 2 rings (SSSR count). The number of hydrogen-bond donors (Lipinski definition) is 0. The standard InChI is InChI=1S/C11H18N2Si/c1-9-6-7-10-11(8-9)13(3)14(4,5)12(10)2/h6-8H,1-5H3. The minimum atomic E-state index is -1.41. The van der Waals surface area contributed by atoms with Gasteiger partial charge in [0, 0.05) is 0 Å². The first kappa shape index (κ1) is 9.59. The molecule has 0 fully saturated rings. The lowest BCUT2D eigenvalue weighted by Crippen LogP contribution is -2.54. The molecule has 1 aliphatic rings. The Morgan fingerprint density at radius 3 is 2.21 bits per heavy atom. The van der Waals surface area contributed by atoms with Crippen LogP contribution in [0.2, 0.25) is 13.1 Å². The highest BCUT2D eigenvalue weighted by atomic mass is 28.3. The Labute approximate surface area is 87.3 Å². The zero-order valence-electron chi connectivity index (χ0n) is 9.63. The van der Waals surface area contributed by atoms with Gasteiger partial charge in [-0.15, -0.1) is 0 Å². The van der Waals surface area contributed by atoms with Crippen LogP contribution in [0.4, 0.5) is 11.4 Å². The van der Waals surface area contributed by atoms with Crippen LogP contribution in [0.1, 0.15) is 5.56 Å². The van der Waals surface area contributed by atoms with E-state index in [1.165, 1.54) is 16.9 Å². The fraction of sp³-hybridized carbons (Fsp3) is 0.455. The molecule has 76 valence electrons. The van der Waals surface area contributed by atoms with E-state index >= 15 is 0 Å². The van der Waals surface area contributed by atoms with Crippen molar-refractivity contribution in [2.75, 3.05) is 23.2 Å². The van der Waals surface area contributed by atoms with Crippen molar-refractivity contribution in [2.24, 2.45) is 0 Å². The van der Waals surface area contributed by atoms with Crippen molar-refractivity contribution in [3.63, 3.8) is 0 Å². The van der Waals surface area contributed by atoms with Gasteiger partial charge in [-0.25, -0.2) is 0 Å². The third-order valence-electron chi connectivity index (χ3n) is 3.50. The number of hydrogen-bond acceptors (Lipinski definition) is 2. The maximum atomic E-state index is 2.47. The Bertz CT molecular complexity index is 374. The molecule has 0 N–H and O–H groups in total. The summed E-state index contributed by atoms with van der Waals surface area (Å²) in [6, 6.07) is 6.72. The lowest BCUT2D eigenvalue weighted by molar-refractivity contribution is 1.23. The van der Waals surface area contributed by atoms with E-state index in [0.29, 0.717) is 0 Å². The molecular formula is C11H18N2Si. The fourth-order valence-electron chi connectivity index (χ4n) is 2.00. The summed E-state index contributed by atoms with van der Waals surface area (Å²) in [5.41, 5.74) is 4.12. The molecule has 0 saturated heterocycles. The average Bonchev–Trinajstić information content (AvgIpc) is 2.29. The summed E-state index contributed by atoms with van der Waals surface area (Å²) in [6.07, 6.45) is 0. The van der Waals surface area contributed by atoms with E-state index in [4.69, 9.17) is 0 Å². The Morgan fingerprint density at radius 2 is 1.57 bits per heavy atom. The second-order valence-electron chi connectivity index (χ2n) is 4.60. The molecule has 2 nitrogen and oxygen atoms in total. The summed E-state index contributed by atoms with van der Waals surface area (Å²) in [7, 11) is 3.02. The first-order chi connectivity index (χ1) is 6.44. The summed E-state index contributed by atoms with van der Waals surface area (Å²) < 4.78 is 4.93. The Hall–Kier alpha value is -0.963. The Kier molecular flexibility index (Phi) is 1.89. The number of rotatable bonds is 0. The third-order valence-corrected chi connectivity index (χ3v) is 7.26. The van der Waals surface area contributed by atoms with Crippen molar-refractivity contribution in [3.05, 3.63) is 23.8 Å². The first-order valence-corrected chi connectivity index (χ1v) is 7.92. The van der Waals surface area contributed by atoms with E-state index in [2.05, 4.69) is 61.4 Å². The van der Waals surface area contributed by atoms with Gasteiger partial charge < -0.3 is 9.13 Å². The topological polar surface area (TPSA) is 6.48 Å². The molecule has 1 heterocycles. The summed E-state index contributed by atoms with van der Waals surface area (Å²) >= 11 is 0. The molecule has 0 spiro atoms. The van der Waals surface area contributed by atoms with Crippen LogP contribution in [-0.4, -0.2) is 22.5 Å². The monoisotopic (exact) mass is 206 g/mol. The second kappa shape index (κ2) is 2.76. The van der Waals surface area contributed by atoms with E-state index < -0.39 is 8.40 Å². The van der Waals surface area contributed by atoms with Gasteiger partial charge in [-0.1, -0.05) is 6.07 Å². The molecular weight excluding hydrogens is 188 g/mol. The predicted molar refractivity (Wildman–Crippen MR) is 65.5 cm³/mol. The molecule has 14 heavy (non-hydrogen) atoms. The van der Waals surface area contributed by atoms with Crippen LogP contribution >= 0.6 is 0 Å². The maximum absolute atomic E-state index is 2.47. The zero-order valence-corrected chi connectivity index (χ0v) is 10.6. The van der Waals surface area contributed by atoms with Crippen molar-refractivity contribution >= 4 is 19.8 Å². The molecule has 0 unspecified atom stereocenters. The molecule has 1 aromatic rings. The summed E-state index contributed by atoms with van der Waals surface area (Å²) in [4.78, 5) is 0. The fourth-order valence-corrected chi connectivity index (χ4v) is 4.00. The molecule has 0 aromatic heterocycles. The van der Waals surface area contributed by atoms with Gasteiger partial charge in [0.05, 0.1) is 11.4 Å².